The van der Waals surface area contributed by atoms with Gasteiger partial charge in [0.15, 0.2) is 10.7 Å². The van der Waals surface area contributed by atoms with Gasteiger partial charge in [-0.3, -0.25) is 4.55 Å². The average Bonchev–Trinajstić information content (AvgIpc) is 2.05. The summed E-state index contributed by atoms with van der Waals surface area (Å²) in [6, 6.07) is 0. The molecule has 0 amide bonds. The van der Waals surface area contributed by atoms with Crippen LogP contribution in [0.5, 0.6) is 0 Å². The second kappa shape index (κ2) is 2.91. The summed E-state index contributed by atoms with van der Waals surface area (Å²) in [6.45, 7) is 0. The maximum Gasteiger partial charge on any atom is 0.301 e. The maximum atomic E-state index is 12.6. The molecule has 0 bridgehead atoms. The molecule has 1 heterocycles. The van der Waals surface area contributed by atoms with Crippen LogP contribution >= 0.6 is 22.9 Å². The Morgan fingerprint density at radius 1 is 1.42 bits per heavy atom. The first-order chi connectivity index (χ1) is 5.34. The third-order valence-corrected chi connectivity index (χ3v) is 3.13. The zero-order valence-corrected chi connectivity index (χ0v) is 7.60. The van der Waals surface area contributed by atoms with E-state index in [-0.39, 0.29) is 11.3 Å². The van der Waals surface area contributed by atoms with Crippen LogP contribution in [0.2, 0.25) is 4.34 Å². The Hall–Kier alpha value is -0.240. The van der Waals surface area contributed by atoms with E-state index in [1.54, 1.807) is 0 Å². The Morgan fingerprint density at radius 3 is 2.08 bits per heavy atom. The van der Waals surface area contributed by atoms with E-state index in [4.69, 9.17) is 16.2 Å². The van der Waals surface area contributed by atoms with Gasteiger partial charge < -0.3 is 0 Å². The number of hydrogen-bond donors (Lipinski definition) is 1. The van der Waals surface area contributed by atoms with Gasteiger partial charge in [0.05, 0.1) is 0 Å². The molecule has 3 nitrogen and oxygen atoms in total. The summed E-state index contributed by atoms with van der Waals surface area (Å²) in [7, 11) is -4.87. The lowest BCUT2D eigenvalue weighted by Crippen LogP contribution is -2.00. The van der Waals surface area contributed by atoms with Crippen LogP contribution in [0.25, 0.3) is 0 Å². The topological polar surface area (TPSA) is 54.4 Å². The highest BCUT2D eigenvalue weighted by atomic mass is 35.5. The van der Waals surface area contributed by atoms with Crippen LogP contribution in [0.3, 0.4) is 0 Å². The summed E-state index contributed by atoms with van der Waals surface area (Å²) < 4.78 is 53.4. The van der Waals surface area contributed by atoms with Crippen molar-refractivity contribution in [2.24, 2.45) is 0 Å². The monoisotopic (exact) mass is 234 g/mol. The van der Waals surface area contributed by atoms with Gasteiger partial charge in [0, 0.05) is 0 Å². The molecule has 0 aliphatic rings. The third kappa shape index (κ3) is 1.58. The summed E-state index contributed by atoms with van der Waals surface area (Å²) in [6.07, 6.45) is 0. The minimum absolute atomic E-state index is 0.107. The van der Waals surface area contributed by atoms with Crippen LogP contribution in [-0.2, 0) is 10.1 Å². The van der Waals surface area contributed by atoms with E-state index in [1.165, 1.54) is 0 Å². The Labute approximate surface area is 75.3 Å². The lowest BCUT2D eigenvalue weighted by molar-refractivity contribution is 0.464. The van der Waals surface area contributed by atoms with Gasteiger partial charge in [-0.25, -0.2) is 4.39 Å². The highest BCUT2D eigenvalue weighted by Crippen LogP contribution is 2.32. The van der Waals surface area contributed by atoms with Gasteiger partial charge in [-0.2, -0.15) is 12.8 Å². The van der Waals surface area contributed by atoms with E-state index in [1.807, 2.05) is 0 Å². The molecule has 1 aromatic heterocycles. The van der Waals surface area contributed by atoms with Crippen LogP contribution in [-0.4, -0.2) is 13.0 Å². The van der Waals surface area contributed by atoms with Crippen LogP contribution in [0, 0.1) is 10.9 Å². The molecule has 68 valence electrons. The predicted octanol–water partition coefficient (Wildman–Crippen LogP) is 1.93. The maximum absolute atomic E-state index is 12.6. The Bertz CT molecular complexity index is 410. The van der Waals surface area contributed by atoms with Crippen molar-refractivity contribution >= 4 is 33.1 Å². The van der Waals surface area contributed by atoms with Crippen molar-refractivity contribution in [2.45, 2.75) is 4.90 Å². The molecule has 0 saturated heterocycles. The van der Waals surface area contributed by atoms with Gasteiger partial charge in [0.25, 0.3) is 0 Å². The first kappa shape index (κ1) is 9.85. The van der Waals surface area contributed by atoms with Gasteiger partial charge >= 0.3 is 10.1 Å². The Balaban J connectivity index is 3.54. The van der Waals surface area contributed by atoms with E-state index in [9.17, 15) is 17.2 Å². The van der Waals surface area contributed by atoms with E-state index in [0.717, 1.165) is 0 Å². The summed E-state index contributed by atoms with van der Waals surface area (Å²) in [5.74, 6) is -1.46. The van der Waals surface area contributed by atoms with Gasteiger partial charge in [0.2, 0.25) is 5.13 Å². The minimum atomic E-state index is -4.87. The van der Waals surface area contributed by atoms with Crippen LogP contribution < -0.4 is 0 Å². The molecule has 12 heavy (non-hydrogen) atoms. The largest absolute Gasteiger partial charge is 0.301 e. The molecule has 8 heteroatoms. The van der Waals surface area contributed by atoms with Crippen molar-refractivity contribution in [3.8, 4) is 0 Å². The van der Waals surface area contributed by atoms with Crippen LogP contribution in [0.4, 0.5) is 8.78 Å². The predicted molar refractivity (Wildman–Crippen MR) is 39.1 cm³/mol. The molecule has 0 aliphatic heterocycles. The lowest BCUT2D eigenvalue weighted by atomic mass is 10.6. The molecule has 0 aromatic carbocycles. The summed E-state index contributed by atoms with van der Waals surface area (Å²) in [4.78, 5) is -1.39. The molecular formula is C4HClF2O3S2. The third-order valence-electron chi connectivity index (χ3n) is 0.988. The smallest absolute Gasteiger partial charge is 0.282 e. The van der Waals surface area contributed by atoms with E-state index in [0.29, 0.717) is 0 Å². The fraction of sp³-hybridized carbons (Fsp3) is 0. The molecule has 0 atom stereocenters. The van der Waals surface area contributed by atoms with E-state index in [2.05, 4.69) is 0 Å². The minimum Gasteiger partial charge on any atom is -0.282 e. The SMILES string of the molecule is O=S(=O)(O)c1c(F)sc(Cl)c1F. The average molecular weight is 235 g/mol. The fourth-order valence-corrected chi connectivity index (χ4v) is 2.48. The number of hydrogen-bond acceptors (Lipinski definition) is 3. The second-order valence-electron chi connectivity index (χ2n) is 1.77. The molecule has 1 aromatic rings. The number of thiophene rings is 1. The van der Waals surface area contributed by atoms with Gasteiger partial charge in [0.1, 0.15) is 4.34 Å². The molecule has 0 saturated carbocycles. The highest BCUT2D eigenvalue weighted by Gasteiger charge is 2.27. The van der Waals surface area contributed by atoms with Crippen molar-refractivity contribution in [1.29, 1.82) is 0 Å². The quantitative estimate of drug-likeness (QED) is 0.756. The van der Waals surface area contributed by atoms with Crippen molar-refractivity contribution < 1.29 is 21.8 Å². The van der Waals surface area contributed by atoms with Crippen molar-refractivity contribution in [3.63, 3.8) is 0 Å². The van der Waals surface area contributed by atoms with Crippen molar-refractivity contribution in [2.75, 3.05) is 0 Å². The summed E-state index contributed by atoms with van der Waals surface area (Å²) in [5, 5.41) is -1.36. The first-order valence-corrected chi connectivity index (χ1v) is 5.08. The fourth-order valence-electron chi connectivity index (χ4n) is 0.560. The Morgan fingerprint density at radius 2 is 1.92 bits per heavy atom. The molecule has 0 aliphatic carbocycles. The first-order valence-electron chi connectivity index (χ1n) is 2.45. The van der Waals surface area contributed by atoms with Crippen LogP contribution in [0.1, 0.15) is 0 Å². The number of halogens is 3. The van der Waals surface area contributed by atoms with E-state index >= 15 is 0 Å². The Kier molecular flexibility index (Phi) is 2.39. The second-order valence-corrected chi connectivity index (χ2v) is 4.70. The van der Waals surface area contributed by atoms with E-state index < -0.39 is 30.3 Å². The standard InChI is InChI=1S/C4HClF2O3S2/c5-3-1(6)2(4(7)11-3)12(8,9)10/h(H,8,9,10). The molecule has 0 unspecified atom stereocenters. The van der Waals surface area contributed by atoms with Crippen molar-refractivity contribution in [3.05, 3.63) is 15.3 Å². The molecule has 1 N–H and O–H groups in total. The normalized spacial score (nSPS) is 12.0. The lowest BCUT2D eigenvalue weighted by Gasteiger charge is -1.90. The summed E-state index contributed by atoms with van der Waals surface area (Å²) >= 11 is 5.18. The molecule has 0 spiro atoms. The zero-order chi connectivity index (χ0) is 9.52. The zero-order valence-electron chi connectivity index (χ0n) is 5.21. The molecule has 1 rings (SSSR count). The van der Waals surface area contributed by atoms with Gasteiger partial charge in [-0.05, 0) is 0 Å². The van der Waals surface area contributed by atoms with Crippen molar-refractivity contribution in [1.82, 2.24) is 0 Å². The number of rotatable bonds is 1. The molecule has 0 radical (unpaired) electrons. The highest BCUT2D eigenvalue weighted by molar-refractivity contribution is 7.86. The molecule has 0 fully saturated rings. The van der Waals surface area contributed by atoms with Crippen LogP contribution in [0.15, 0.2) is 4.90 Å². The molecular weight excluding hydrogens is 234 g/mol. The van der Waals surface area contributed by atoms with Gasteiger partial charge in [-0.1, -0.05) is 22.9 Å². The van der Waals surface area contributed by atoms with Gasteiger partial charge in [-0.15, -0.1) is 0 Å². The summed E-state index contributed by atoms with van der Waals surface area (Å²) in [5.41, 5.74) is 0.